The molecule has 0 amide bonds. The fourth-order valence-electron chi connectivity index (χ4n) is 1.79. The van der Waals surface area contributed by atoms with Gasteiger partial charge in [-0.25, -0.2) is 4.98 Å². The Balaban J connectivity index is 2.00. The van der Waals surface area contributed by atoms with Gasteiger partial charge in [0.25, 0.3) is 0 Å². The summed E-state index contributed by atoms with van der Waals surface area (Å²) in [5.41, 5.74) is 1.19. The maximum atomic E-state index is 10.9. The van der Waals surface area contributed by atoms with Gasteiger partial charge >= 0.3 is 5.97 Å². The number of carbonyl (C=O) groups excluding carboxylic acids is 1. The van der Waals surface area contributed by atoms with E-state index >= 15 is 0 Å². The van der Waals surface area contributed by atoms with Crippen LogP contribution < -0.4 is 0 Å². The van der Waals surface area contributed by atoms with Crippen LogP contribution in [0.3, 0.4) is 0 Å². The summed E-state index contributed by atoms with van der Waals surface area (Å²) in [6.07, 6.45) is 5.13. The Morgan fingerprint density at radius 1 is 1.71 bits per heavy atom. The highest BCUT2D eigenvalue weighted by Gasteiger charge is 2.24. The predicted molar refractivity (Wildman–Crippen MR) is 50.7 cm³/mol. The van der Waals surface area contributed by atoms with Gasteiger partial charge in [-0.1, -0.05) is 0 Å². The molecule has 1 aliphatic heterocycles. The molecular formula is C10H14N2O2. The Labute approximate surface area is 82.9 Å². The van der Waals surface area contributed by atoms with Crippen LogP contribution in [0.4, 0.5) is 0 Å². The van der Waals surface area contributed by atoms with Crippen LogP contribution in [0.5, 0.6) is 0 Å². The van der Waals surface area contributed by atoms with Crippen LogP contribution in [0.2, 0.25) is 0 Å². The molecule has 0 aromatic carbocycles. The molecule has 4 heteroatoms. The van der Waals surface area contributed by atoms with E-state index in [0.717, 1.165) is 13.0 Å². The number of hydrogen-bond acceptors (Lipinski definition) is 3. The Hall–Kier alpha value is -1.32. The molecule has 0 spiro atoms. The average Bonchev–Trinajstić information content (AvgIpc) is 2.76. The minimum Gasteiger partial charge on any atom is -0.465 e. The number of esters is 1. The summed E-state index contributed by atoms with van der Waals surface area (Å²) in [5.74, 6) is 0.266. The van der Waals surface area contributed by atoms with Crippen molar-refractivity contribution in [2.75, 3.05) is 6.61 Å². The summed E-state index contributed by atoms with van der Waals surface area (Å²) in [7, 11) is 0. The van der Waals surface area contributed by atoms with E-state index in [0.29, 0.717) is 18.9 Å². The molecule has 0 radical (unpaired) electrons. The number of aromatic nitrogens is 2. The number of ether oxygens (including phenoxy) is 1. The Morgan fingerprint density at radius 2 is 2.57 bits per heavy atom. The largest absolute Gasteiger partial charge is 0.465 e. The van der Waals surface area contributed by atoms with Crippen molar-refractivity contribution in [2.24, 2.45) is 5.92 Å². The number of imidazole rings is 1. The highest BCUT2D eigenvalue weighted by molar-refractivity contribution is 5.71. The molecule has 0 saturated carbocycles. The third-order valence-corrected chi connectivity index (χ3v) is 2.57. The first-order chi connectivity index (χ1) is 6.79. The number of nitrogens with zero attached hydrogens (tertiary/aromatic N) is 2. The van der Waals surface area contributed by atoms with E-state index in [2.05, 4.69) is 16.5 Å². The molecule has 1 atom stereocenters. The lowest BCUT2D eigenvalue weighted by Crippen LogP contribution is -2.08. The zero-order chi connectivity index (χ0) is 9.97. The normalized spacial score (nSPS) is 21.2. The molecule has 0 aliphatic carbocycles. The smallest absolute Gasteiger partial charge is 0.306 e. The average molecular weight is 194 g/mol. The third-order valence-electron chi connectivity index (χ3n) is 2.57. The van der Waals surface area contributed by atoms with E-state index in [4.69, 9.17) is 4.74 Å². The fraction of sp³-hybridized carbons (Fsp3) is 0.600. The van der Waals surface area contributed by atoms with Crippen LogP contribution in [0.25, 0.3) is 0 Å². The molecule has 1 aromatic heterocycles. The van der Waals surface area contributed by atoms with Gasteiger partial charge in [-0.05, 0) is 13.3 Å². The minimum atomic E-state index is -0.0717. The number of carbonyl (C=O) groups is 1. The maximum absolute atomic E-state index is 10.9. The van der Waals surface area contributed by atoms with Gasteiger partial charge in [0, 0.05) is 24.4 Å². The van der Waals surface area contributed by atoms with Gasteiger partial charge in [0.15, 0.2) is 0 Å². The van der Waals surface area contributed by atoms with E-state index < -0.39 is 0 Å². The van der Waals surface area contributed by atoms with E-state index in [1.54, 1.807) is 0 Å². The van der Waals surface area contributed by atoms with Crippen molar-refractivity contribution in [3.8, 4) is 0 Å². The highest BCUT2D eigenvalue weighted by atomic mass is 16.5. The molecule has 14 heavy (non-hydrogen) atoms. The summed E-state index contributed by atoms with van der Waals surface area (Å²) in [4.78, 5) is 15.0. The van der Waals surface area contributed by atoms with Crippen molar-refractivity contribution in [2.45, 2.75) is 26.3 Å². The van der Waals surface area contributed by atoms with Gasteiger partial charge in [-0.2, -0.15) is 0 Å². The van der Waals surface area contributed by atoms with E-state index in [1.807, 2.05) is 12.5 Å². The van der Waals surface area contributed by atoms with Crippen molar-refractivity contribution >= 4 is 5.97 Å². The molecule has 1 aromatic rings. The lowest BCUT2D eigenvalue weighted by atomic mass is 10.0. The van der Waals surface area contributed by atoms with Crippen LogP contribution in [0.1, 0.15) is 19.0 Å². The van der Waals surface area contributed by atoms with Gasteiger partial charge in [0.1, 0.15) is 0 Å². The van der Waals surface area contributed by atoms with Gasteiger partial charge in [0.2, 0.25) is 0 Å². The summed E-state index contributed by atoms with van der Waals surface area (Å²) >= 11 is 0. The lowest BCUT2D eigenvalue weighted by Gasteiger charge is -2.07. The van der Waals surface area contributed by atoms with Crippen molar-refractivity contribution in [3.05, 3.63) is 18.2 Å². The second kappa shape index (κ2) is 3.82. The van der Waals surface area contributed by atoms with Crippen LogP contribution in [0.15, 0.2) is 12.5 Å². The molecule has 4 nitrogen and oxygen atoms in total. The third kappa shape index (κ3) is 1.78. The zero-order valence-corrected chi connectivity index (χ0v) is 8.27. The summed E-state index contributed by atoms with van der Waals surface area (Å²) in [6, 6.07) is 0. The highest BCUT2D eigenvalue weighted by Crippen LogP contribution is 2.18. The predicted octanol–water partition coefficient (Wildman–Crippen LogP) is 1.01. The monoisotopic (exact) mass is 194 g/mol. The van der Waals surface area contributed by atoms with Gasteiger partial charge in [-0.15, -0.1) is 0 Å². The maximum Gasteiger partial charge on any atom is 0.306 e. The van der Waals surface area contributed by atoms with E-state index in [-0.39, 0.29) is 5.97 Å². The lowest BCUT2D eigenvalue weighted by molar-refractivity contribution is -0.137. The van der Waals surface area contributed by atoms with Crippen molar-refractivity contribution < 1.29 is 9.53 Å². The Bertz CT molecular complexity index is 333. The van der Waals surface area contributed by atoms with Crippen LogP contribution in [-0.4, -0.2) is 22.1 Å². The summed E-state index contributed by atoms with van der Waals surface area (Å²) in [5, 5.41) is 0. The number of aryl methyl sites for hydroxylation is 1. The second-order valence-corrected chi connectivity index (χ2v) is 3.63. The molecular weight excluding hydrogens is 180 g/mol. The molecule has 0 unspecified atom stereocenters. The first-order valence-corrected chi connectivity index (χ1v) is 4.94. The quantitative estimate of drug-likeness (QED) is 0.674. The summed E-state index contributed by atoms with van der Waals surface area (Å²) in [6.45, 7) is 3.58. The van der Waals surface area contributed by atoms with Crippen LogP contribution in [0, 0.1) is 5.92 Å². The summed E-state index contributed by atoms with van der Waals surface area (Å²) < 4.78 is 7.02. The molecule has 76 valence electrons. The SMILES string of the molecule is CCn1cncc1C[C@H]1COC(=O)C1. The Kier molecular flexibility index (Phi) is 2.52. The fourth-order valence-corrected chi connectivity index (χ4v) is 1.79. The topological polar surface area (TPSA) is 44.1 Å². The van der Waals surface area contributed by atoms with Crippen molar-refractivity contribution in [3.63, 3.8) is 0 Å². The first kappa shape index (κ1) is 9.24. The molecule has 1 fully saturated rings. The van der Waals surface area contributed by atoms with Crippen LogP contribution >= 0.6 is 0 Å². The number of rotatable bonds is 3. The van der Waals surface area contributed by atoms with E-state index in [9.17, 15) is 4.79 Å². The van der Waals surface area contributed by atoms with Crippen molar-refractivity contribution in [1.29, 1.82) is 0 Å². The molecule has 0 N–H and O–H groups in total. The standard InChI is InChI=1S/C10H14N2O2/c1-2-12-7-11-5-9(12)3-8-4-10(13)14-6-8/h5,7-8H,2-4,6H2,1H3/t8-/m1/s1. The molecule has 2 rings (SSSR count). The van der Waals surface area contributed by atoms with Gasteiger partial charge in [0.05, 0.1) is 19.4 Å². The molecule has 1 aliphatic rings. The molecule has 0 bridgehead atoms. The van der Waals surface area contributed by atoms with E-state index in [1.165, 1.54) is 5.69 Å². The second-order valence-electron chi connectivity index (χ2n) is 3.63. The zero-order valence-electron chi connectivity index (χ0n) is 8.27. The molecule has 2 heterocycles. The molecule has 1 saturated heterocycles. The number of hydrogen-bond donors (Lipinski definition) is 0. The van der Waals surface area contributed by atoms with Gasteiger partial charge < -0.3 is 9.30 Å². The first-order valence-electron chi connectivity index (χ1n) is 4.94. The minimum absolute atomic E-state index is 0.0717. The van der Waals surface area contributed by atoms with Gasteiger partial charge in [-0.3, -0.25) is 4.79 Å². The number of cyclic esters (lactones) is 1. The Morgan fingerprint density at radius 3 is 3.21 bits per heavy atom. The van der Waals surface area contributed by atoms with Crippen LogP contribution in [-0.2, 0) is 22.5 Å². The van der Waals surface area contributed by atoms with Crippen molar-refractivity contribution in [1.82, 2.24) is 9.55 Å².